The fourth-order valence-electron chi connectivity index (χ4n) is 1.05. The number of benzene rings is 1. The smallest absolute Gasteiger partial charge is 0.310 e. The van der Waals surface area contributed by atoms with Gasteiger partial charge in [-0.1, -0.05) is 0 Å². The van der Waals surface area contributed by atoms with E-state index in [0.717, 1.165) is 0 Å². The van der Waals surface area contributed by atoms with Gasteiger partial charge in [0.2, 0.25) is 0 Å². The fraction of sp³-hybridized carbons (Fsp3) is 0.250. The van der Waals surface area contributed by atoms with E-state index in [2.05, 4.69) is 0 Å². The largest absolute Gasteiger partial charge is 0.502 e. The van der Waals surface area contributed by atoms with Crippen LogP contribution in [0.1, 0.15) is 11.1 Å². The van der Waals surface area contributed by atoms with Gasteiger partial charge in [-0.25, -0.2) is 0 Å². The summed E-state index contributed by atoms with van der Waals surface area (Å²) in [5.74, 6) is -0.378. The molecule has 0 bridgehead atoms. The molecule has 0 spiro atoms. The Morgan fingerprint density at radius 3 is 2.62 bits per heavy atom. The minimum atomic E-state index is -0.663. The number of phenols is 1. The quantitative estimate of drug-likeness (QED) is 0.531. The number of nitro benzene ring substituents is 1. The van der Waals surface area contributed by atoms with Crippen molar-refractivity contribution in [3.63, 3.8) is 0 Å². The highest BCUT2D eigenvalue weighted by molar-refractivity contribution is 5.53. The van der Waals surface area contributed by atoms with Crippen molar-refractivity contribution in [3.05, 3.63) is 33.4 Å². The predicted molar refractivity (Wildman–Crippen MR) is 45.4 cm³/mol. The minimum Gasteiger partial charge on any atom is -0.502 e. The van der Waals surface area contributed by atoms with Gasteiger partial charge in [0.25, 0.3) is 0 Å². The van der Waals surface area contributed by atoms with Crippen LogP contribution in [0.25, 0.3) is 0 Å². The van der Waals surface area contributed by atoms with Crippen molar-refractivity contribution in [2.75, 3.05) is 0 Å². The van der Waals surface area contributed by atoms with Crippen LogP contribution < -0.4 is 0 Å². The van der Waals surface area contributed by atoms with E-state index in [4.69, 9.17) is 5.11 Å². The van der Waals surface area contributed by atoms with Crippen molar-refractivity contribution < 1.29 is 15.1 Å². The number of hydrogen-bond acceptors (Lipinski definition) is 4. The molecule has 0 saturated carbocycles. The van der Waals surface area contributed by atoms with E-state index in [1.165, 1.54) is 19.1 Å². The molecule has 0 aliphatic carbocycles. The van der Waals surface area contributed by atoms with Gasteiger partial charge in [-0.3, -0.25) is 10.1 Å². The van der Waals surface area contributed by atoms with Crippen molar-refractivity contribution >= 4 is 5.69 Å². The molecule has 0 amide bonds. The molecule has 70 valence electrons. The van der Waals surface area contributed by atoms with Crippen molar-refractivity contribution in [1.82, 2.24) is 0 Å². The fourth-order valence-corrected chi connectivity index (χ4v) is 1.05. The molecule has 2 N–H and O–H groups in total. The van der Waals surface area contributed by atoms with Crippen LogP contribution in [0.2, 0.25) is 0 Å². The predicted octanol–water partition coefficient (Wildman–Crippen LogP) is 1.10. The monoisotopic (exact) mass is 183 g/mol. The van der Waals surface area contributed by atoms with Gasteiger partial charge in [-0.15, -0.1) is 0 Å². The second kappa shape index (κ2) is 3.40. The number of nitro groups is 1. The lowest BCUT2D eigenvalue weighted by molar-refractivity contribution is -0.385. The number of aromatic hydroxyl groups is 1. The van der Waals surface area contributed by atoms with Crippen LogP contribution >= 0.6 is 0 Å². The van der Waals surface area contributed by atoms with Crippen LogP contribution in [-0.4, -0.2) is 15.1 Å². The van der Waals surface area contributed by atoms with E-state index in [1.54, 1.807) is 0 Å². The lowest BCUT2D eigenvalue weighted by Gasteiger charge is -2.04. The summed E-state index contributed by atoms with van der Waals surface area (Å²) in [6, 6.07) is 2.60. The Hall–Kier alpha value is -1.62. The number of hydrogen-bond donors (Lipinski definition) is 2. The van der Waals surface area contributed by atoms with Crippen LogP contribution in [-0.2, 0) is 6.61 Å². The van der Waals surface area contributed by atoms with E-state index >= 15 is 0 Å². The van der Waals surface area contributed by atoms with Crippen LogP contribution in [0.3, 0.4) is 0 Å². The van der Waals surface area contributed by atoms with Crippen LogP contribution in [0.15, 0.2) is 12.1 Å². The van der Waals surface area contributed by atoms with Crippen LogP contribution in [0.5, 0.6) is 5.75 Å². The first-order chi connectivity index (χ1) is 6.07. The van der Waals surface area contributed by atoms with Gasteiger partial charge in [0, 0.05) is 11.6 Å². The Bertz CT molecular complexity index is 348. The van der Waals surface area contributed by atoms with E-state index in [1.807, 2.05) is 0 Å². The number of rotatable bonds is 2. The van der Waals surface area contributed by atoms with Gasteiger partial charge in [-0.05, 0) is 18.6 Å². The van der Waals surface area contributed by atoms with Gasteiger partial charge in [-0.2, -0.15) is 0 Å². The zero-order chi connectivity index (χ0) is 10.0. The van der Waals surface area contributed by atoms with E-state index < -0.39 is 4.92 Å². The lowest BCUT2D eigenvalue weighted by Crippen LogP contribution is -1.94. The SMILES string of the molecule is Cc1c(CO)ccc([N+](=O)[O-])c1O. The first-order valence-electron chi connectivity index (χ1n) is 3.64. The molecule has 13 heavy (non-hydrogen) atoms. The summed E-state index contributed by atoms with van der Waals surface area (Å²) < 4.78 is 0. The van der Waals surface area contributed by atoms with E-state index in [-0.39, 0.29) is 18.0 Å². The summed E-state index contributed by atoms with van der Waals surface area (Å²) in [5, 5.41) is 28.5. The molecule has 0 aliphatic rings. The Morgan fingerprint density at radius 2 is 2.15 bits per heavy atom. The zero-order valence-corrected chi connectivity index (χ0v) is 7.02. The highest BCUT2D eigenvalue weighted by Gasteiger charge is 2.16. The van der Waals surface area contributed by atoms with Gasteiger partial charge in [0.05, 0.1) is 11.5 Å². The molecule has 1 rings (SSSR count). The van der Waals surface area contributed by atoms with Gasteiger partial charge >= 0.3 is 5.69 Å². The van der Waals surface area contributed by atoms with Crippen molar-refractivity contribution in [2.45, 2.75) is 13.5 Å². The summed E-state index contributed by atoms with van der Waals surface area (Å²) in [4.78, 5) is 9.69. The summed E-state index contributed by atoms with van der Waals surface area (Å²) >= 11 is 0. The minimum absolute atomic E-state index is 0.239. The van der Waals surface area contributed by atoms with E-state index in [9.17, 15) is 15.2 Å². The number of aliphatic hydroxyl groups excluding tert-OH is 1. The van der Waals surface area contributed by atoms with Crippen LogP contribution in [0.4, 0.5) is 5.69 Å². The molecule has 0 aromatic heterocycles. The molecule has 1 aromatic rings. The number of aliphatic hydroxyl groups is 1. The van der Waals surface area contributed by atoms with Crippen molar-refractivity contribution in [3.8, 4) is 5.75 Å². The number of phenolic OH excluding ortho intramolecular Hbond substituents is 1. The topological polar surface area (TPSA) is 83.6 Å². The molecule has 0 unspecified atom stereocenters. The standard InChI is InChI=1S/C8H9NO4/c1-5-6(4-10)2-3-7(8(5)11)9(12)13/h2-3,10-11H,4H2,1H3. The maximum Gasteiger partial charge on any atom is 0.310 e. The average Bonchev–Trinajstić information content (AvgIpc) is 2.09. The highest BCUT2D eigenvalue weighted by atomic mass is 16.6. The Morgan fingerprint density at radius 1 is 1.54 bits per heavy atom. The summed E-state index contributed by atoms with van der Waals surface area (Å²) in [6.07, 6.45) is 0. The third-order valence-electron chi connectivity index (χ3n) is 1.89. The third-order valence-corrected chi connectivity index (χ3v) is 1.89. The second-order valence-corrected chi connectivity index (χ2v) is 2.63. The molecule has 0 radical (unpaired) electrons. The summed E-state index contributed by atoms with van der Waals surface area (Å²) in [5.41, 5.74) is 0.495. The Labute approximate surface area is 74.4 Å². The van der Waals surface area contributed by atoms with Crippen LogP contribution in [0, 0.1) is 17.0 Å². The molecular weight excluding hydrogens is 174 g/mol. The van der Waals surface area contributed by atoms with Gasteiger partial charge in [0.15, 0.2) is 5.75 Å². The first kappa shape index (κ1) is 9.47. The highest BCUT2D eigenvalue weighted by Crippen LogP contribution is 2.31. The Kier molecular flexibility index (Phi) is 2.48. The van der Waals surface area contributed by atoms with Crippen molar-refractivity contribution in [1.29, 1.82) is 0 Å². The summed E-state index contributed by atoms with van der Waals surface area (Å²) in [6.45, 7) is 1.28. The lowest BCUT2D eigenvalue weighted by atomic mass is 10.1. The maximum atomic E-state index is 10.4. The molecule has 0 atom stereocenters. The maximum absolute atomic E-state index is 10.4. The van der Waals surface area contributed by atoms with E-state index in [0.29, 0.717) is 11.1 Å². The molecule has 5 heteroatoms. The molecule has 0 fully saturated rings. The third kappa shape index (κ3) is 1.59. The zero-order valence-electron chi connectivity index (χ0n) is 7.02. The Balaban J connectivity index is 3.31. The molecule has 0 saturated heterocycles. The van der Waals surface area contributed by atoms with Crippen molar-refractivity contribution in [2.24, 2.45) is 0 Å². The normalized spacial score (nSPS) is 10.0. The number of nitrogens with zero attached hydrogens (tertiary/aromatic N) is 1. The molecule has 5 nitrogen and oxygen atoms in total. The van der Waals surface area contributed by atoms with Gasteiger partial charge in [0.1, 0.15) is 0 Å². The molecule has 0 heterocycles. The first-order valence-corrected chi connectivity index (χ1v) is 3.64. The van der Waals surface area contributed by atoms with Gasteiger partial charge < -0.3 is 10.2 Å². The molecular formula is C8H9NO4. The second-order valence-electron chi connectivity index (χ2n) is 2.63. The average molecular weight is 183 g/mol. The molecule has 1 aromatic carbocycles. The molecule has 0 aliphatic heterocycles. The summed E-state index contributed by atoms with van der Waals surface area (Å²) in [7, 11) is 0.